The average molecular weight is 336 g/mol. The number of aliphatic carboxylic acids is 3. The summed E-state index contributed by atoms with van der Waals surface area (Å²) in [6, 6.07) is -1.25. The van der Waals surface area contributed by atoms with Gasteiger partial charge in [-0.3, -0.25) is 19.2 Å². The molecule has 134 valence electrons. The summed E-state index contributed by atoms with van der Waals surface area (Å²) < 4.78 is 0. The number of amides is 1. The van der Waals surface area contributed by atoms with Crippen LogP contribution >= 0.6 is 0 Å². The Morgan fingerprint density at radius 3 is 1.91 bits per heavy atom. The molecule has 0 radical (unpaired) electrons. The zero-order valence-electron chi connectivity index (χ0n) is 12.6. The Morgan fingerprint density at radius 1 is 1.17 bits per heavy atom. The topological polar surface area (TPSA) is 219 Å². The predicted octanol–water partition coefficient (Wildman–Crippen LogP) is -2.48. The van der Waals surface area contributed by atoms with Crippen molar-refractivity contribution in [2.24, 2.45) is 17.2 Å². The summed E-state index contributed by atoms with van der Waals surface area (Å²) in [7, 11) is 0. The summed E-state index contributed by atoms with van der Waals surface area (Å²) in [5.74, 6) is -3.33. The molecule has 1 saturated heterocycles. The van der Waals surface area contributed by atoms with Gasteiger partial charge in [-0.1, -0.05) is 0 Å². The van der Waals surface area contributed by atoms with Crippen LogP contribution in [-0.2, 0) is 19.2 Å². The molecule has 0 aliphatic carbocycles. The molecule has 1 fully saturated rings. The third-order valence-corrected chi connectivity index (χ3v) is 2.55. The highest BCUT2D eigenvalue weighted by Gasteiger charge is 2.20. The molecule has 23 heavy (non-hydrogen) atoms. The van der Waals surface area contributed by atoms with E-state index < -0.39 is 29.9 Å². The predicted molar refractivity (Wildman–Crippen MR) is 79.4 cm³/mol. The van der Waals surface area contributed by atoms with Crippen LogP contribution < -0.4 is 22.5 Å². The molecule has 10 N–H and O–H groups in total. The van der Waals surface area contributed by atoms with E-state index in [2.05, 4.69) is 11.1 Å². The van der Waals surface area contributed by atoms with Gasteiger partial charge in [0.1, 0.15) is 12.1 Å². The van der Waals surface area contributed by atoms with E-state index in [9.17, 15) is 19.2 Å². The van der Waals surface area contributed by atoms with Crippen molar-refractivity contribution in [2.75, 3.05) is 13.1 Å². The van der Waals surface area contributed by atoms with Crippen molar-refractivity contribution < 1.29 is 34.5 Å². The van der Waals surface area contributed by atoms with Crippen molar-refractivity contribution in [3.8, 4) is 0 Å². The summed E-state index contributed by atoms with van der Waals surface area (Å²) in [5, 5.41) is 27.0. The third-order valence-electron chi connectivity index (χ3n) is 2.55. The van der Waals surface area contributed by atoms with Crippen LogP contribution in [0.2, 0.25) is 0 Å². The number of carbonyl (C=O) groups is 4. The highest BCUT2D eigenvalue weighted by molar-refractivity contribution is 5.77. The fourth-order valence-electron chi connectivity index (χ4n) is 1.32. The lowest BCUT2D eigenvalue weighted by Gasteiger charge is -2.01. The van der Waals surface area contributed by atoms with Gasteiger partial charge < -0.3 is 37.8 Å². The number of carboxylic acids is 3. The van der Waals surface area contributed by atoms with Gasteiger partial charge in [0.2, 0.25) is 5.91 Å². The maximum atomic E-state index is 10.1. The smallest absolute Gasteiger partial charge is 0.320 e. The third kappa shape index (κ3) is 16.0. The molecule has 2 atom stereocenters. The lowest BCUT2D eigenvalue weighted by Crippen LogP contribution is -2.31. The standard InChI is InChI=1S/C5H10N2O3.C5H9NO2.C2H5NO2/c6-3(5(9)10)1-2-4(7)8;7-5(8)4-2-1-3-6-4;3-1-2(4)5/h3H,1-2,6H2,(H2,7,8)(H,9,10);4,6H,1-3H2,(H,7,8);1,3H2,(H,4,5)/t3-;4-;/m00./s1. The van der Waals surface area contributed by atoms with Crippen LogP contribution in [0.15, 0.2) is 0 Å². The van der Waals surface area contributed by atoms with Gasteiger partial charge >= 0.3 is 17.9 Å². The minimum atomic E-state index is -1.11. The van der Waals surface area contributed by atoms with Gasteiger partial charge in [0, 0.05) is 6.42 Å². The number of carboxylic acid groups (broad SMARTS) is 3. The maximum absolute atomic E-state index is 10.1. The van der Waals surface area contributed by atoms with Crippen molar-refractivity contribution in [3.63, 3.8) is 0 Å². The zero-order valence-corrected chi connectivity index (χ0v) is 12.6. The van der Waals surface area contributed by atoms with E-state index in [-0.39, 0.29) is 25.4 Å². The van der Waals surface area contributed by atoms with Crippen LogP contribution in [0.4, 0.5) is 0 Å². The molecular formula is C12H24N4O7. The van der Waals surface area contributed by atoms with Crippen LogP contribution in [0.1, 0.15) is 25.7 Å². The van der Waals surface area contributed by atoms with Gasteiger partial charge in [0.15, 0.2) is 0 Å². The summed E-state index contributed by atoms with van der Waals surface area (Å²) >= 11 is 0. The summed E-state index contributed by atoms with van der Waals surface area (Å²) in [6.45, 7) is 0.580. The molecule has 1 rings (SSSR count). The average Bonchev–Trinajstić information content (AvgIpc) is 3.00. The van der Waals surface area contributed by atoms with Crippen LogP contribution in [0.25, 0.3) is 0 Å². The molecule has 0 bridgehead atoms. The second-order valence-electron chi connectivity index (χ2n) is 4.53. The lowest BCUT2D eigenvalue weighted by atomic mass is 10.2. The molecular weight excluding hydrogens is 312 g/mol. The number of hydrogen-bond acceptors (Lipinski definition) is 7. The summed E-state index contributed by atoms with van der Waals surface area (Å²) in [6.07, 6.45) is 1.91. The summed E-state index contributed by atoms with van der Waals surface area (Å²) in [4.78, 5) is 39.5. The minimum Gasteiger partial charge on any atom is -0.480 e. The van der Waals surface area contributed by atoms with Crippen molar-refractivity contribution in [1.82, 2.24) is 5.32 Å². The summed E-state index contributed by atoms with van der Waals surface area (Å²) in [5.41, 5.74) is 14.4. The number of carbonyl (C=O) groups excluding carboxylic acids is 1. The van der Waals surface area contributed by atoms with E-state index in [1.54, 1.807) is 0 Å². The largest absolute Gasteiger partial charge is 0.480 e. The molecule has 1 heterocycles. The molecule has 1 amide bonds. The van der Waals surface area contributed by atoms with Gasteiger partial charge in [-0.2, -0.15) is 0 Å². The van der Waals surface area contributed by atoms with Crippen LogP contribution in [-0.4, -0.2) is 64.3 Å². The Kier molecular flexibility index (Phi) is 13.4. The number of nitrogens with one attached hydrogen (secondary N) is 1. The fraction of sp³-hybridized carbons (Fsp3) is 0.667. The second kappa shape index (κ2) is 13.4. The molecule has 11 nitrogen and oxygen atoms in total. The Morgan fingerprint density at radius 2 is 1.70 bits per heavy atom. The van der Waals surface area contributed by atoms with E-state index in [0.717, 1.165) is 19.4 Å². The van der Waals surface area contributed by atoms with E-state index in [1.807, 2.05) is 0 Å². The van der Waals surface area contributed by atoms with Gasteiger partial charge in [0.25, 0.3) is 0 Å². The highest BCUT2D eigenvalue weighted by atomic mass is 16.4. The van der Waals surface area contributed by atoms with Crippen LogP contribution in [0, 0.1) is 0 Å². The Labute approximate surface area is 132 Å². The molecule has 0 unspecified atom stereocenters. The van der Waals surface area contributed by atoms with Crippen molar-refractivity contribution in [2.45, 2.75) is 37.8 Å². The zero-order chi connectivity index (χ0) is 18.4. The number of hydrogen-bond donors (Lipinski definition) is 7. The first-order chi connectivity index (χ1) is 10.6. The lowest BCUT2D eigenvalue weighted by molar-refractivity contribution is -0.139. The van der Waals surface area contributed by atoms with Gasteiger partial charge in [0.05, 0.1) is 6.54 Å². The SMILES string of the molecule is NC(=O)CC[C@H](N)C(=O)O.NCC(=O)O.O=C(O)[C@@H]1CCCN1. The van der Waals surface area contributed by atoms with E-state index in [1.165, 1.54) is 0 Å². The van der Waals surface area contributed by atoms with Crippen molar-refractivity contribution in [3.05, 3.63) is 0 Å². The van der Waals surface area contributed by atoms with Gasteiger partial charge in [-0.15, -0.1) is 0 Å². The quantitative estimate of drug-likeness (QED) is 0.270. The monoisotopic (exact) mass is 336 g/mol. The number of nitrogens with two attached hydrogens (primary N) is 3. The maximum Gasteiger partial charge on any atom is 0.320 e. The van der Waals surface area contributed by atoms with Gasteiger partial charge in [-0.25, -0.2) is 0 Å². The molecule has 1 aliphatic rings. The first-order valence-corrected chi connectivity index (χ1v) is 6.76. The highest BCUT2D eigenvalue weighted by Crippen LogP contribution is 2.03. The van der Waals surface area contributed by atoms with Crippen LogP contribution in [0.3, 0.4) is 0 Å². The molecule has 11 heteroatoms. The molecule has 1 aliphatic heterocycles. The Hall–Kier alpha value is -2.24. The first kappa shape index (κ1) is 23.0. The van der Waals surface area contributed by atoms with E-state index >= 15 is 0 Å². The molecule has 0 aromatic carbocycles. The van der Waals surface area contributed by atoms with Crippen molar-refractivity contribution in [1.29, 1.82) is 0 Å². The van der Waals surface area contributed by atoms with E-state index in [4.69, 9.17) is 26.8 Å². The number of rotatable bonds is 6. The van der Waals surface area contributed by atoms with Gasteiger partial charge in [-0.05, 0) is 25.8 Å². The second-order valence-corrected chi connectivity index (χ2v) is 4.53. The van der Waals surface area contributed by atoms with E-state index in [0.29, 0.717) is 0 Å². The molecule has 0 saturated carbocycles. The Bertz CT molecular complexity index is 397. The normalized spacial score (nSPS) is 16.9. The molecule has 0 aromatic rings. The minimum absolute atomic E-state index is 0.0213. The van der Waals surface area contributed by atoms with Crippen molar-refractivity contribution >= 4 is 23.8 Å². The fourth-order valence-corrected chi connectivity index (χ4v) is 1.32. The Balaban J connectivity index is 0. The molecule has 0 spiro atoms. The number of primary amides is 1. The molecule has 0 aromatic heterocycles. The van der Waals surface area contributed by atoms with Crippen LogP contribution in [0.5, 0.6) is 0 Å². The first-order valence-electron chi connectivity index (χ1n) is 6.76.